The monoisotopic (exact) mass is 469 g/mol. The van der Waals surface area contributed by atoms with Crippen LogP contribution >= 0.6 is 11.6 Å². The predicted octanol–water partition coefficient (Wildman–Crippen LogP) is 3.19. The molecule has 32 heavy (non-hydrogen) atoms. The summed E-state index contributed by atoms with van der Waals surface area (Å²) >= 11 is 5.91. The third-order valence-corrected chi connectivity index (χ3v) is 7.49. The van der Waals surface area contributed by atoms with Crippen molar-refractivity contribution in [3.8, 4) is 0 Å². The fourth-order valence-electron chi connectivity index (χ4n) is 3.66. The van der Waals surface area contributed by atoms with Crippen molar-refractivity contribution in [2.75, 3.05) is 5.32 Å². The fourth-order valence-corrected chi connectivity index (χ4v) is 5.35. The summed E-state index contributed by atoms with van der Waals surface area (Å²) in [5, 5.41) is 3.17. The molecule has 4 rings (SSSR count). The number of carbonyl (C=O) groups excluding carboxylic acids is 2. The van der Waals surface area contributed by atoms with Crippen LogP contribution in [0.4, 0.5) is 5.69 Å². The molecule has 1 atom stereocenters. The second-order valence-electron chi connectivity index (χ2n) is 7.42. The summed E-state index contributed by atoms with van der Waals surface area (Å²) in [4.78, 5) is 24.5. The molecule has 0 radical (unpaired) electrons. The van der Waals surface area contributed by atoms with Gasteiger partial charge in [-0.2, -0.15) is 4.31 Å². The average molecular weight is 470 g/mol. The number of hydrogen-bond acceptors (Lipinski definition) is 4. The maximum Gasteiger partial charge on any atom is 0.248 e. The maximum atomic E-state index is 13.4. The lowest BCUT2D eigenvalue weighted by atomic mass is 9.95. The van der Waals surface area contributed by atoms with Crippen molar-refractivity contribution in [2.24, 2.45) is 5.73 Å². The third-order valence-electron chi connectivity index (χ3n) is 5.37. The number of anilines is 1. The molecule has 9 heteroatoms. The first kappa shape index (κ1) is 22.0. The number of amides is 2. The molecule has 0 aliphatic carbocycles. The maximum absolute atomic E-state index is 13.4. The molecule has 0 fully saturated rings. The largest absolute Gasteiger partial charge is 0.366 e. The smallest absolute Gasteiger partial charge is 0.248 e. The number of sulfonamides is 1. The highest BCUT2D eigenvalue weighted by Gasteiger charge is 2.39. The fraction of sp³-hybridized carbons (Fsp3) is 0.130. The lowest BCUT2D eigenvalue weighted by Crippen LogP contribution is -2.50. The zero-order chi connectivity index (χ0) is 22.9. The molecular formula is C23H20ClN3O4S. The van der Waals surface area contributed by atoms with Crippen molar-refractivity contribution in [3.63, 3.8) is 0 Å². The van der Waals surface area contributed by atoms with E-state index in [1.54, 1.807) is 12.1 Å². The molecular weight excluding hydrogens is 450 g/mol. The summed E-state index contributed by atoms with van der Waals surface area (Å²) < 4.78 is 28.1. The Morgan fingerprint density at radius 2 is 1.56 bits per heavy atom. The van der Waals surface area contributed by atoms with Crippen LogP contribution in [0.25, 0.3) is 0 Å². The van der Waals surface area contributed by atoms with Gasteiger partial charge in [-0.25, -0.2) is 8.42 Å². The molecule has 0 spiro atoms. The number of nitrogens with two attached hydrogens (primary N) is 1. The minimum atomic E-state index is -3.97. The molecule has 1 aliphatic heterocycles. The Bertz CT molecular complexity index is 1280. The van der Waals surface area contributed by atoms with Gasteiger partial charge in [-0.05, 0) is 66.1 Å². The van der Waals surface area contributed by atoms with Gasteiger partial charge in [0.2, 0.25) is 21.8 Å². The summed E-state index contributed by atoms with van der Waals surface area (Å²) in [6.45, 7) is 0.0693. The second-order valence-corrected chi connectivity index (χ2v) is 9.75. The molecule has 7 nitrogen and oxygen atoms in total. The summed E-state index contributed by atoms with van der Waals surface area (Å²) in [6, 6.07) is 18.4. The molecule has 0 unspecified atom stereocenters. The van der Waals surface area contributed by atoms with E-state index < -0.39 is 27.9 Å². The molecule has 2 amide bonds. The zero-order valence-corrected chi connectivity index (χ0v) is 18.4. The first-order chi connectivity index (χ1) is 15.3. The molecule has 1 heterocycles. The van der Waals surface area contributed by atoms with Gasteiger partial charge in [0, 0.05) is 22.8 Å². The molecule has 3 aromatic rings. The van der Waals surface area contributed by atoms with Gasteiger partial charge in [0.15, 0.2) is 0 Å². The number of fused-ring (bicyclic) bond motifs is 1. The molecule has 3 N–H and O–H groups in total. The topological polar surface area (TPSA) is 110 Å². The van der Waals surface area contributed by atoms with Crippen LogP contribution in [0.2, 0.25) is 5.02 Å². The van der Waals surface area contributed by atoms with Crippen LogP contribution in [-0.2, 0) is 27.8 Å². The van der Waals surface area contributed by atoms with Gasteiger partial charge >= 0.3 is 0 Å². The summed E-state index contributed by atoms with van der Waals surface area (Å²) in [6.07, 6.45) is 0.230. The Morgan fingerprint density at radius 3 is 2.19 bits per heavy atom. The molecule has 164 valence electrons. The summed E-state index contributed by atoms with van der Waals surface area (Å²) in [5.74, 6) is -1.05. The number of carbonyl (C=O) groups is 2. The van der Waals surface area contributed by atoms with Crippen molar-refractivity contribution < 1.29 is 18.0 Å². The number of nitrogens with zero attached hydrogens (tertiary/aromatic N) is 1. The van der Waals surface area contributed by atoms with Crippen molar-refractivity contribution in [1.82, 2.24) is 4.31 Å². The van der Waals surface area contributed by atoms with Crippen molar-refractivity contribution in [3.05, 3.63) is 94.5 Å². The average Bonchev–Trinajstić information content (AvgIpc) is 2.78. The van der Waals surface area contributed by atoms with Gasteiger partial charge < -0.3 is 11.1 Å². The summed E-state index contributed by atoms with van der Waals surface area (Å²) in [5.41, 5.74) is 7.75. The quantitative estimate of drug-likeness (QED) is 0.597. The first-order valence-corrected chi connectivity index (χ1v) is 11.6. The van der Waals surface area contributed by atoms with Gasteiger partial charge in [0.05, 0.1) is 4.90 Å². The van der Waals surface area contributed by atoms with Crippen LogP contribution in [0.15, 0.2) is 77.7 Å². The van der Waals surface area contributed by atoms with E-state index in [2.05, 4.69) is 5.32 Å². The normalized spacial score (nSPS) is 16.2. The van der Waals surface area contributed by atoms with Gasteiger partial charge in [-0.1, -0.05) is 35.9 Å². The SMILES string of the molecule is NC(=O)c1ccc(NC(=O)[C@@H]2Cc3ccccc3CN2S(=O)(=O)c2ccc(Cl)cc2)cc1. The van der Waals surface area contributed by atoms with E-state index in [-0.39, 0.29) is 17.9 Å². The molecule has 0 bridgehead atoms. The molecule has 0 saturated carbocycles. The van der Waals surface area contributed by atoms with Crippen LogP contribution in [0.3, 0.4) is 0 Å². The highest BCUT2D eigenvalue weighted by atomic mass is 35.5. The van der Waals surface area contributed by atoms with Crippen LogP contribution in [-0.4, -0.2) is 30.6 Å². The Morgan fingerprint density at radius 1 is 0.938 bits per heavy atom. The van der Waals surface area contributed by atoms with E-state index in [1.165, 1.54) is 40.7 Å². The highest BCUT2D eigenvalue weighted by Crippen LogP contribution is 2.30. The molecule has 0 aromatic heterocycles. The predicted molar refractivity (Wildman–Crippen MR) is 122 cm³/mol. The van der Waals surface area contributed by atoms with Crippen LogP contribution in [0.5, 0.6) is 0 Å². The van der Waals surface area contributed by atoms with Crippen LogP contribution in [0, 0.1) is 0 Å². The van der Waals surface area contributed by atoms with Gasteiger partial charge in [-0.15, -0.1) is 0 Å². The molecule has 3 aromatic carbocycles. The number of hydrogen-bond donors (Lipinski definition) is 2. The van der Waals surface area contributed by atoms with E-state index in [9.17, 15) is 18.0 Å². The lowest BCUT2D eigenvalue weighted by Gasteiger charge is -2.35. The Kier molecular flexibility index (Phi) is 6.01. The van der Waals surface area contributed by atoms with Gasteiger partial charge in [-0.3, -0.25) is 9.59 Å². The van der Waals surface area contributed by atoms with E-state index in [1.807, 2.05) is 24.3 Å². The highest BCUT2D eigenvalue weighted by molar-refractivity contribution is 7.89. The minimum absolute atomic E-state index is 0.0601. The number of halogens is 1. The molecule has 1 aliphatic rings. The van der Waals surface area contributed by atoms with E-state index in [4.69, 9.17) is 17.3 Å². The van der Waals surface area contributed by atoms with E-state index in [0.29, 0.717) is 16.3 Å². The van der Waals surface area contributed by atoms with Gasteiger partial charge in [0.1, 0.15) is 6.04 Å². The molecule has 0 saturated heterocycles. The number of benzene rings is 3. The number of nitrogens with one attached hydrogen (secondary N) is 1. The van der Waals surface area contributed by atoms with Crippen LogP contribution < -0.4 is 11.1 Å². The van der Waals surface area contributed by atoms with E-state index >= 15 is 0 Å². The van der Waals surface area contributed by atoms with Gasteiger partial charge in [0.25, 0.3) is 0 Å². The van der Waals surface area contributed by atoms with Crippen molar-refractivity contribution in [1.29, 1.82) is 0 Å². The second kappa shape index (κ2) is 8.74. The van der Waals surface area contributed by atoms with Crippen LogP contribution in [0.1, 0.15) is 21.5 Å². The Balaban J connectivity index is 1.67. The Hall–Kier alpha value is -3.20. The first-order valence-electron chi connectivity index (χ1n) is 9.80. The van der Waals surface area contributed by atoms with Crippen molar-refractivity contribution in [2.45, 2.75) is 23.9 Å². The third kappa shape index (κ3) is 4.38. The number of primary amides is 1. The standard InChI is InChI=1S/C23H20ClN3O4S/c24-18-7-11-20(12-8-18)32(30,31)27-14-17-4-2-1-3-16(17)13-21(27)23(29)26-19-9-5-15(6-10-19)22(25)28/h1-12,21H,13-14H2,(H2,25,28)(H,26,29)/t21-/m0/s1. The number of rotatable bonds is 5. The van der Waals surface area contributed by atoms with E-state index in [0.717, 1.165) is 11.1 Å². The lowest BCUT2D eigenvalue weighted by molar-refractivity contribution is -0.120. The summed E-state index contributed by atoms with van der Waals surface area (Å²) in [7, 11) is -3.97. The zero-order valence-electron chi connectivity index (χ0n) is 16.9. The minimum Gasteiger partial charge on any atom is -0.366 e. The Labute approximate surface area is 190 Å². The van der Waals surface area contributed by atoms with Crippen molar-refractivity contribution >= 4 is 39.1 Å².